The van der Waals surface area contributed by atoms with Crippen molar-refractivity contribution in [2.24, 2.45) is 14.1 Å². The number of fused-ring (bicyclic) bond motifs is 1. The molecule has 4 heterocycles. The third-order valence-electron chi connectivity index (χ3n) is 4.34. The molecule has 1 N–H and O–H groups in total. The summed E-state index contributed by atoms with van der Waals surface area (Å²) >= 11 is 0. The van der Waals surface area contributed by atoms with Gasteiger partial charge in [0.2, 0.25) is 5.82 Å². The van der Waals surface area contributed by atoms with Crippen molar-refractivity contribution in [1.82, 2.24) is 39.4 Å². The maximum Gasteiger partial charge on any atom is 0.314 e. The zero-order chi connectivity index (χ0) is 17.6. The highest BCUT2D eigenvalue weighted by atomic mass is 16.5. The van der Waals surface area contributed by atoms with Gasteiger partial charge in [0.05, 0.1) is 37.6 Å². The van der Waals surface area contributed by atoms with E-state index in [1.807, 2.05) is 13.2 Å². The zero-order valence-electron chi connectivity index (χ0n) is 14.2. The summed E-state index contributed by atoms with van der Waals surface area (Å²) in [7, 11) is 5.05. The molecule has 0 fully saturated rings. The number of hydrogen-bond donors (Lipinski definition) is 1. The van der Waals surface area contributed by atoms with Gasteiger partial charge in [-0.3, -0.25) is 9.48 Å². The molecule has 0 aromatic carbocycles. The molecule has 1 unspecified atom stereocenters. The monoisotopic (exact) mass is 342 g/mol. The minimum absolute atomic E-state index is 0.0433. The van der Waals surface area contributed by atoms with E-state index in [1.165, 1.54) is 11.8 Å². The van der Waals surface area contributed by atoms with Crippen LogP contribution in [0.15, 0.2) is 18.7 Å². The Morgan fingerprint density at radius 1 is 1.40 bits per heavy atom. The van der Waals surface area contributed by atoms with E-state index in [0.29, 0.717) is 19.1 Å². The smallest absolute Gasteiger partial charge is 0.314 e. The first-order valence-electron chi connectivity index (χ1n) is 7.81. The number of aromatic nitrogens is 7. The predicted octanol–water partition coefficient (Wildman–Crippen LogP) is 0.0682. The van der Waals surface area contributed by atoms with Crippen LogP contribution in [0.5, 0.6) is 6.01 Å². The van der Waals surface area contributed by atoms with Gasteiger partial charge in [-0.15, -0.1) is 5.10 Å². The molecule has 1 atom stereocenters. The summed E-state index contributed by atoms with van der Waals surface area (Å²) in [6.07, 6.45) is 5.41. The fourth-order valence-electron chi connectivity index (χ4n) is 3.14. The van der Waals surface area contributed by atoms with Gasteiger partial charge in [0, 0.05) is 38.3 Å². The Balaban J connectivity index is 1.66. The minimum atomic E-state index is -0.243. The molecule has 0 radical (unpaired) electrons. The summed E-state index contributed by atoms with van der Waals surface area (Å²) in [6.45, 7) is 0.925. The molecule has 1 aliphatic rings. The fraction of sp³-hybridized carbons (Fsp3) is 0.400. The lowest BCUT2D eigenvalue weighted by atomic mass is 9.93. The van der Waals surface area contributed by atoms with Gasteiger partial charge < -0.3 is 14.6 Å². The molecule has 0 saturated carbocycles. The Morgan fingerprint density at radius 3 is 2.92 bits per heavy atom. The van der Waals surface area contributed by atoms with Crippen LogP contribution < -0.4 is 4.74 Å². The van der Waals surface area contributed by atoms with Gasteiger partial charge in [0.25, 0.3) is 5.91 Å². The third kappa shape index (κ3) is 2.55. The minimum Gasteiger partial charge on any atom is -0.467 e. The van der Waals surface area contributed by atoms with Gasteiger partial charge in [-0.25, -0.2) is 9.67 Å². The lowest BCUT2D eigenvalue weighted by Crippen LogP contribution is -2.39. The maximum atomic E-state index is 12.9. The van der Waals surface area contributed by atoms with Gasteiger partial charge in [0.15, 0.2) is 0 Å². The number of methoxy groups -OCH3 is 1. The SMILES string of the molecule is COc1nc(C(=O)N2Cc3[nH]cnc3C(c3cnn(C)c3)C2)nn1C. The third-order valence-corrected chi connectivity index (χ3v) is 4.34. The van der Waals surface area contributed by atoms with Crippen LogP contribution in [0.3, 0.4) is 0 Å². The van der Waals surface area contributed by atoms with Crippen molar-refractivity contribution >= 4 is 5.91 Å². The van der Waals surface area contributed by atoms with Crippen LogP contribution in [0.4, 0.5) is 0 Å². The second kappa shape index (κ2) is 5.72. The first-order chi connectivity index (χ1) is 12.1. The number of H-pyrrole nitrogens is 1. The molecule has 4 rings (SSSR count). The fourth-order valence-corrected chi connectivity index (χ4v) is 3.14. The number of aryl methyl sites for hydroxylation is 2. The summed E-state index contributed by atoms with van der Waals surface area (Å²) in [5, 5.41) is 8.38. The second-order valence-electron chi connectivity index (χ2n) is 6.00. The number of nitrogens with one attached hydrogen (secondary N) is 1. The van der Waals surface area contributed by atoms with E-state index >= 15 is 0 Å². The summed E-state index contributed by atoms with van der Waals surface area (Å²) < 4.78 is 8.28. The summed E-state index contributed by atoms with van der Waals surface area (Å²) in [5.74, 6) is -0.168. The van der Waals surface area contributed by atoms with Crippen LogP contribution in [0, 0.1) is 0 Å². The van der Waals surface area contributed by atoms with Crippen LogP contribution in [0.2, 0.25) is 0 Å². The molecule has 130 valence electrons. The van der Waals surface area contributed by atoms with Crippen LogP contribution in [-0.2, 0) is 20.6 Å². The number of nitrogens with zero attached hydrogens (tertiary/aromatic N) is 7. The van der Waals surface area contributed by atoms with Crippen LogP contribution >= 0.6 is 0 Å². The average Bonchev–Trinajstić information content (AvgIpc) is 3.32. The van der Waals surface area contributed by atoms with Crippen molar-refractivity contribution in [2.45, 2.75) is 12.5 Å². The summed E-state index contributed by atoms with van der Waals surface area (Å²) in [4.78, 5) is 26.3. The number of ether oxygens (including phenoxy) is 1. The predicted molar refractivity (Wildman–Crippen MR) is 85.9 cm³/mol. The molecule has 3 aromatic rings. The highest BCUT2D eigenvalue weighted by Gasteiger charge is 2.34. The number of imidazole rings is 1. The molecule has 0 bridgehead atoms. The van der Waals surface area contributed by atoms with Crippen molar-refractivity contribution in [3.63, 3.8) is 0 Å². The maximum absolute atomic E-state index is 12.9. The standard InChI is InChI=1S/C15H18N8O2/c1-21-5-9(4-18-21)10-6-23(7-11-12(10)17-8-16-11)14(24)13-19-15(25-3)22(2)20-13/h4-5,8,10H,6-7H2,1-3H3,(H,16,17). The summed E-state index contributed by atoms with van der Waals surface area (Å²) in [5.41, 5.74) is 2.87. The molecule has 10 heteroatoms. The largest absolute Gasteiger partial charge is 0.467 e. The van der Waals surface area contributed by atoms with E-state index in [1.54, 1.807) is 29.2 Å². The average molecular weight is 342 g/mol. The lowest BCUT2D eigenvalue weighted by molar-refractivity contribution is 0.0709. The van der Waals surface area contributed by atoms with Crippen LogP contribution in [0.1, 0.15) is 33.5 Å². The molecule has 0 saturated heterocycles. The Bertz CT molecular complexity index is 924. The molecular formula is C15H18N8O2. The molecule has 3 aromatic heterocycles. The number of carbonyl (C=O) groups excluding carboxylic acids is 1. The quantitative estimate of drug-likeness (QED) is 0.722. The van der Waals surface area contributed by atoms with Crippen molar-refractivity contribution in [3.8, 4) is 6.01 Å². The van der Waals surface area contributed by atoms with Gasteiger partial charge >= 0.3 is 6.01 Å². The summed E-state index contributed by atoms with van der Waals surface area (Å²) in [6, 6.07) is 0.298. The van der Waals surface area contributed by atoms with Gasteiger partial charge in [-0.05, 0) is 0 Å². The van der Waals surface area contributed by atoms with Gasteiger partial charge in [0.1, 0.15) is 0 Å². The highest BCUT2D eigenvalue weighted by molar-refractivity contribution is 5.90. The van der Waals surface area contributed by atoms with Gasteiger partial charge in [-0.2, -0.15) is 10.1 Å². The zero-order valence-corrected chi connectivity index (χ0v) is 14.2. The number of carbonyl (C=O) groups is 1. The van der Waals surface area contributed by atoms with E-state index < -0.39 is 0 Å². The highest BCUT2D eigenvalue weighted by Crippen LogP contribution is 2.31. The topological polar surface area (TPSA) is 107 Å². The van der Waals surface area contributed by atoms with E-state index in [-0.39, 0.29) is 17.6 Å². The number of hydrogen-bond acceptors (Lipinski definition) is 6. The van der Waals surface area contributed by atoms with E-state index in [0.717, 1.165) is 17.0 Å². The molecular weight excluding hydrogens is 324 g/mol. The Hall–Kier alpha value is -3.17. The van der Waals surface area contributed by atoms with Crippen LogP contribution in [0.25, 0.3) is 0 Å². The van der Waals surface area contributed by atoms with Crippen molar-refractivity contribution in [3.05, 3.63) is 41.5 Å². The van der Waals surface area contributed by atoms with E-state index in [4.69, 9.17) is 4.74 Å². The molecule has 1 amide bonds. The molecule has 0 aliphatic carbocycles. The van der Waals surface area contributed by atoms with Crippen molar-refractivity contribution in [2.75, 3.05) is 13.7 Å². The van der Waals surface area contributed by atoms with Crippen molar-refractivity contribution < 1.29 is 9.53 Å². The lowest BCUT2D eigenvalue weighted by Gasteiger charge is -2.30. The van der Waals surface area contributed by atoms with Gasteiger partial charge in [-0.1, -0.05) is 0 Å². The molecule has 10 nitrogen and oxygen atoms in total. The first-order valence-corrected chi connectivity index (χ1v) is 7.81. The van der Waals surface area contributed by atoms with E-state index in [9.17, 15) is 4.79 Å². The number of aromatic amines is 1. The Labute approximate surface area is 143 Å². The normalized spacial score (nSPS) is 16.8. The molecule has 25 heavy (non-hydrogen) atoms. The second-order valence-corrected chi connectivity index (χ2v) is 6.00. The number of rotatable bonds is 3. The first kappa shape index (κ1) is 15.4. The number of amides is 1. The van der Waals surface area contributed by atoms with Crippen molar-refractivity contribution in [1.29, 1.82) is 0 Å². The Kier molecular flexibility index (Phi) is 3.52. The molecule has 0 spiro atoms. The van der Waals surface area contributed by atoms with E-state index in [2.05, 4.69) is 25.1 Å². The van der Waals surface area contributed by atoms with Crippen LogP contribution in [-0.4, -0.2) is 59.0 Å². The molecule has 1 aliphatic heterocycles. The Morgan fingerprint density at radius 2 is 2.24 bits per heavy atom.